The van der Waals surface area contributed by atoms with E-state index < -0.39 is 0 Å². The van der Waals surface area contributed by atoms with Crippen LogP contribution in [0.3, 0.4) is 0 Å². The van der Waals surface area contributed by atoms with E-state index in [0.717, 1.165) is 33.6 Å². The molecule has 2 nitrogen and oxygen atoms in total. The lowest BCUT2D eigenvalue weighted by atomic mass is 9.90. The summed E-state index contributed by atoms with van der Waals surface area (Å²) in [7, 11) is 0. The summed E-state index contributed by atoms with van der Waals surface area (Å²) >= 11 is 0. The summed E-state index contributed by atoms with van der Waals surface area (Å²) in [5.41, 5.74) is 7.61. The molecule has 0 atom stereocenters. The van der Waals surface area contributed by atoms with Gasteiger partial charge in [0.2, 0.25) is 0 Å². The van der Waals surface area contributed by atoms with Crippen molar-refractivity contribution in [2.75, 3.05) is 4.90 Å². The average molecular weight is 562 g/mol. The highest BCUT2D eigenvalue weighted by molar-refractivity contribution is 6.36. The minimum Gasteiger partial charge on any atom is -0.456 e. The lowest BCUT2D eigenvalue weighted by molar-refractivity contribution is 0.669. The number of benzene rings is 8. The third-order valence-electron chi connectivity index (χ3n) is 8.83. The van der Waals surface area contributed by atoms with Crippen LogP contribution in [-0.4, -0.2) is 0 Å². The molecule has 206 valence electrons. The Morgan fingerprint density at radius 2 is 0.909 bits per heavy atom. The van der Waals surface area contributed by atoms with E-state index in [0.29, 0.717) is 0 Å². The van der Waals surface area contributed by atoms with E-state index in [2.05, 4.69) is 163 Å². The minimum absolute atomic E-state index is 0.917. The Labute approximate surface area is 255 Å². The maximum atomic E-state index is 6.35. The third kappa shape index (κ3) is 3.68. The predicted molar refractivity (Wildman–Crippen MR) is 186 cm³/mol. The van der Waals surface area contributed by atoms with Gasteiger partial charge in [-0.3, -0.25) is 0 Å². The number of hydrogen-bond donors (Lipinski definition) is 0. The Bertz CT molecular complexity index is 2460. The van der Waals surface area contributed by atoms with Gasteiger partial charge in [0.05, 0.1) is 11.4 Å². The Morgan fingerprint density at radius 3 is 1.70 bits per heavy atom. The van der Waals surface area contributed by atoms with Crippen LogP contribution in [-0.2, 0) is 0 Å². The summed E-state index contributed by atoms with van der Waals surface area (Å²) in [6.07, 6.45) is 0. The van der Waals surface area contributed by atoms with Crippen molar-refractivity contribution in [1.82, 2.24) is 0 Å². The van der Waals surface area contributed by atoms with Crippen molar-refractivity contribution in [2.45, 2.75) is 0 Å². The predicted octanol–water partition coefficient (Wildman–Crippen LogP) is 12.2. The van der Waals surface area contributed by atoms with Crippen LogP contribution >= 0.6 is 0 Å². The second-order valence-electron chi connectivity index (χ2n) is 11.3. The number of anilines is 3. The number of hydrogen-bond acceptors (Lipinski definition) is 2. The fourth-order valence-corrected chi connectivity index (χ4v) is 6.99. The van der Waals surface area contributed by atoms with Gasteiger partial charge in [-0.15, -0.1) is 0 Å². The smallest absolute Gasteiger partial charge is 0.136 e. The van der Waals surface area contributed by atoms with E-state index in [4.69, 9.17) is 4.42 Å². The molecule has 0 saturated heterocycles. The van der Waals surface area contributed by atoms with E-state index in [1.165, 1.54) is 48.8 Å². The molecule has 0 amide bonds. The molecule has 8 aromatic carbocycles. The van der Waals surface area contributed by atoms with Crippen molar-refractivity contribution >= 4 is 71.3 Å². The van der Waals surface area contributed by atoms with Crippen LogP contribution in [0.5, 0.6) is 0 Å². The van der Waals surface area contributed by atoms with Crippen molar-refractivity contribution < 1.29 is 4.42 Å². The highest BCUT2D eigenvalue weighted by atomic mass is 16.3. The molecule has 0 fully saturated rings. The molecule has 0 aliphatic heterocycles. The molecular weight excluding hydrogens is 534 g/mol. The molecule has 0 aliphatic carbocycles. The van der Waals surface area contributed by atoms with E-state index in [1.54, 1.807) is 0 Å². The molecule has 0 saturated carbocycles. The second-order valence-corrected chi connectivity index (χ2v) is 11.3. The van der Waals surface area contributed by atoms with Crippen molar-refractivity contribution in [2.24, 2.45) is 0 Å². The molecule has 0 unspecified atom stereocenters. The SMILES string of the molecule is c1ccc(-c2ccccc2N(c2ccccc2)c2cccc3c4ccc5oc6ccccc6c5c4c4ccccc4c23)cc1. The fourth-order valence-electron chi connectivity index (χ4n) is 6.99. The van der Waals surface area contributed by atoms with Gasteiger partial charge < -0.3 is 9.32 Å². The zero-order valence-corrected chi connectivity index (χ0v) is 23.9. The summed E-state index contributed by atoms with van der Waals surface area (Å²) < 4.78 is 6.35. The molecule has 1 aromatic heterocycles. The largest absolute Gasteiger partial charge is 0.456 e. The number of furan rings is 1. The third-order valence-corrected chi connectivity index (χ3v) is 8.83. The summed E-state index contributed by atoms with van der Waals surface area (Å²) in [6.45, 7) is 0. The van der Waals surface area contributed by atoms with Gasteiger partial charge in [-0.25, -0.2) is 0 Å². The van der Waals surface area contributed by atoms with Gasteiger partial charge in [-0.1, -0.05) is 121 Å². The van der Waals surface area contributed by atoms with Crippen LogP contribution in [0.25, 0.3) is 65.4 Å². The van der Waals surface area contributed by atoms with Crippen LogP contribution in [0.2, 0.25) is 0 Å². The highest BCUT2D eigenvalue weighted by Gasteiger charge is 2.22. The molecule has 0 aliphatic rings. The first kappa shape index (κ1) is 24.7. The van der Waals surface area contributed by atoms with E-state index in [1.807, 2.05) is 6.07 Å². The summed E-state index contributed by atoms with van der Waals surface area (Å²) in [6, 6.07) is 58.4. The molecule has 44 heavy (non-hydrogen) atoms. The summed E-state index contributed by atoms with van der Waals surface area (Å²) in [5, 5.41) is 9.70. The highest BCUT2D eigenvalue weighted by Crippen LogP contribution is 2.48. The number of fused-ring (bicyclic) bond motifs is 10. The molecule has 0 bridgehead atoms. The van der Waals surface area contributed by atoms with Gasteiger partial charge in [0.1, 0.15) is 11.2 Å². The average Bonchev–Trinajstić information content (AvgIpc) is 3.48. The van der Waals surface area contributed by atoms with Gasteiger partial charge >= 0.3 is 0 Å². The van der Waals surface area contributed by atoms with Crippen LogP contribution in [0.4, 0.5) is 17.1 Å². The van der Waals surface area contributed by atoms with Crippen LogP contribution < -0.4 is 4.90 Å². The quantitative estimate of drug-likeness (QED) is 0.199. The molecule has 0 spiro atoms. The van der Waals surface area contributed by atoms with E-state index in [-0.39, 0.29) is 0 Å². The van der Waals surface area contributed by atoms with Gasteiger partial charge in [0.15, 0.2) is 0 Å². The Balaban J connectivity index is 1.44. The zero-order chi connectivity index (χ0) is 29.0. The van der Waals surface area contributed by atoms with Crippen molar-refractivity contribution in [1.29, 1.82) is 0 Å². The molecule has 0 N–H and O–H groups in total. The van der Waals surface area contributed by atoms with Gasteiger partial charge in [-0.05, 0) is 69.6 Å². The first-order valence-corrected chi connectivity index (χ1v) is 15.0. The number of nitrogens with zero attached hydrogens (tertiary/aromatic N) is 1. The van der Waals surface area contributed by atoms with Crippen LogP contribution in [0.1, 0.15) is 0 Å². The molecule has 9 rings (SSSR count). The van der Waals surface area contributed by atoms with Crippen LogP contribution in [0.15, 0.2) is 168 Å². The number of para-hydroxylation sites is 3. The Kier molecular flexibility index (Phi) is 5.54. The van der Waals surface area contributed by atoms with E-state index in [9.17, 15) is 0 Å². The normalized spacial score (nSPS) is 11.6. The van der Waals surface area contributed by atoms with Crippen LogP contribution in [0, 0.1) is 0 Å². The first-order chi connectivity index (χ1) is 21.9. The molecular formula is C42H27NO. The minimum atomic E-state index is 0.917. The van der Waals surface area contributed by atoms with Gasteiger partial charge in [0, 0.05) is 32.8 Å². The number of rotatable bonds is 4. The second kappa shape index (κ2) is 9.86. The Morgan fingerprint density at radius 1 is 0.341 bits per heavy atom. The maximum absolute atomic E-state index is 6.35. The first-order valence-electron chi connectivity index (χ1n) is 15.0. The van der Waals surface area contributed by atoms with Crippen molar-refractivity contribution in [3.8, 4) is 11.1 Å². The fraction of sp³-hybridized carbons (Fsp3) is 0. The lowest BCUT2D eigenvalue weighted by Crippen LogP contribution is -2.11. The summed E-state index contributed by atoms with van der Waals surface area (Å²) in [5.74, 6) is 0. The zero-order valence-electron chi connectivity index (χ0n) is 23.9. The van der Waals surface area contributed by atoms with Gasteiger partial charge in [-0.2, -0.15) is 0 Å². The summed E-state index contributed by atoms with van der Waals surface area (Å²) in [4.78, 5) is 2.43. The lowest BCUT2D eigenvalue weighted by Gasteiger charge is -2.29. The maximum Gasteiger partial charge on any atom is 0.136 e. The molecule has 9 aromatic rings. The Hall–Kier alpha value is -5.86. The topological polar surface area (TPSA) is 16.4 Å². The standard InChI is InChI=1S/C42H27NO/c1-3-14-28(15-4-1)30-18-9-11-23-36(30)43(29-16-5-2-6-17-29)37-24-13-22-32-34-26-27-39-42(35-21-10-12-25-38(35)44-39)41(34)33-20-8-7-19-31(33)40(32)37/h1-27H. The van der Waals surface area contributed by atoms with Crippen molar-refractivity contribution in [3.63, 3.8) is 0 Å². The van der Waals surface area contributed by atoms with Gasteiger partial charge in [0.25, 0.3) is 0 Å². The van der Waals surface area contributed by atoms with E-state index >= 15 is 0 Å². The van der Waals surface area contributed by atoms with Crippen molar-refractivity contribution in [3.05, 3.63) is 164 Å². The molecule has 1 heterocycles. The molecule has 2 heteroatoms. The monoisotopic (exact) mass is 561 g/mol. The molecule has 0 radical (unpaired) electrons.